The largest absolute Gasteiger partial charge is 0.297 e. The Bertz CT molecular complexity index is 270. The number of H-pyrrole nitrogens is 1. The first-order chi connectivity index (χ1) is 6.24. The molecule has 0 saturated heterocycles. The zero-order chi connectivity index (χ0) is 9.68. The fraction of sp³-hybridized carbons (Fsp3) is 0.556. The summed E-state index contributed by atoms with van der Waals surface area (Å²) in [5.74, 6) is 0.330. The van der Waals surface area contributed by atoms with E-state index in [9.17, 15) is 0 Å². The van der Waals surface area contributed by atoms with Crippen LogP contribution in [0.4, 0.5) is 0 Å². The van der Waals surface area contributed by atoms with Crippen molar-refractivity contribution in [2.24, 2.45) is 5.92 Å². The van der Waals surface area contributed by atoms with Gasteiger partial charge in [0.05, 0.1) is 18.3 Å². The number of rotatable bonds is 4. The van der Waals surface area contributed by atoms with Gasteiger partial charge in [0.15, 0.2) is 0 Å². The molecule has 1 rings (SSSR count). The Morgan fingerprint density at radius 1 is 1.69 bits per heavy atom. The van der Waals surface area contributed by atoms with Crippen LogP contribution in [-0.2, 0) is 6.54 Å². The lowest BCUT2D eigenvalue weighted by Crippen LogP contribution is -2.31. The Balaban J connectivity index is 2.38. The number of nitrogens with one attached hydrogen (secondary N) is 2. The average molecular weight is 178 g/mol. The first kappa shape index (κ1) is 9.75. The summed E-state index contributed by atoms with van der Waals surface area (Å²) in [5.41, 5.74) is 1.07. The number of nitrogens with zero attached hydrogens (tertiary/aromatic N) is 2. The van der Waals surface area contributed by atoms with Crippen molar-refractivity contribution in [3.63, 3.8) is 0 Å². The van der Waals surface area contributed by atoms with Crippen LogP contribution in [0, 0.1) is 17.2 Å². The predicted octanol–water partition coefficient (Wildman–Crippen LogP) is 1.05. The van der Waals surface area contributed by atoms with Crippen LogP contribution >= 0.6 is 0 Å². The summed E-state index contributed by atoms with van der Waals surface area (Å²) in [7, 11) is 0. The van der Waals surface area contributed by atoms with Gasteiger partial charge in [0.1, 0.15) is 0 Å². The molecule has 4 heteroatoms. The maximum absolute atomic E-state index is 8.79. The molecule has 1 atom stereocenters. The second kappa shape index (κ2) is 4.63. The van der Waals surface area contributed by atoms with Crippen molar-refractivity contribution in [2.75, 3.05) is 0 Å². The van der Waals surface area contributed by atoms with Crippen molar-refractivity contribution >= 4 is 0 Å². The van der Waals surface area contributed by atoms with Crippen molar-refractivity contribution < 1.29 is 0 Å². The highest BCUT2D eigenvalue weighted by molar-refractivity contribution is 5.03. The number of aromatic nitrogens is 2. The van der Waals surface area contributed by atoms with E-state index in [-0.39, 0.29) is 6.04 Å². The highest BCUT2D eigenvalue weighted by atomic mass is 15.1. The van der Waals surface area contributed by atoms with Gasteiger partial charge < -0.3 is 0 Å². The molecule has 0 fully saturated rings. The van der Waals surface area contributed by atoms with Gasteiger partial charge in [-0.3, -0.25) is 10.4 Å². The fourth-order valence-electron chi connectivity index (χ4n) is 1.03. The van der Waals surface area contributed by atoms with Gasteiger partial charge >= 0.3 is 0 Å². The summed E-state index contributed by atoms with van der Waals surface area (Å²) in [4.78, 5) is 0. The second-order valence-corrected chi connectivity index (χ2v) is 3.34. The van der Waals surface area contributed by atoms with Crippen LogP contribution in [0.25, 0.3) is 0 Å². The molecule has 1 heterocycles. The van der Waals surface area contributed by atoms with Gasteiger partial charge in [-0.1, -0.05) is 13.8 Å². The van der Waals surface area contributed by atoms with Gasteiger partial charge in [-0.05, 0) is 5.92 Å². The highest BCUT2D eigenvalue weighted by Crippen LogP contribution is 2.01. The molecule has 0 aliphatic carbocycles. The molecule has 1 aromatic rings. The van der Waals surface area contributed by atoms with E-state index in [1.807, 2.05) is 20.0 Å². The third-order valence-corrected chi connectivity index (χ3v) is 1.89. The number of hydrogen-bond donors (Lipinski definition) is 2. The predicted molar refractivity (Wildman–Crippen MR) is 49.7 cm³/mol. The maximum atomic E-state index is 8.79. The van der Waals surface area contributed by atoms with Crippen LogP contribution in [0.3, 0.4) is 0 Å². The van der Waals surface area contributed by atoms with Gasteiger partial charge in [0.2, 0.25) is 0 Å². The SMILES string of the molecule is CC(C)C(C#N)NCc1cn[nH]c1. The van der Waals surface area contributed by atoms with Gasteiger partial charge in [-0.15, -0.1) is 0 Å². The van der Waals surface area contributed by atoms with E-state index < -0.39 is 0 Å². The van der Waals surface area contributed by atoms with Crippen LogP contribution in [0.15, 0.2) is 12.4 Å². The van der Waals surface area contributed by atoms with Crippen LogP contribution in [0.1, 0.15) is 19.4 Å². The van der Waals surface area contributed by atoms with Crippen molar-refractivity contribution in [3.8, 4) is 6.07 Å². The molecule has 0 amide bonds. The summed E-state index contributed by atoms with van der Waals surface area (Å²) in [6.07, 6.45) is 3.57. The molecule has 0 saturated carbocycles. The lowest BCUT2D eigenvalue weighted by molar-refractivity contribution is 0.472. The second-order valence-electron chi connectivity index (χ2n) is 3.34. The summed E-state index contributed by atoms with van der Waals surface area (Å²) in [6.45, 7) is 4.74. The Morgan fingerprint density at radius 2 is 2.46 bits per heavy atom. The van der Waals surface area contributed by atoms with Crippen LogP contribution in [-0.4, -0.2) is 16.2 Å². The maximum Gasteiger partial charge on any atom is 0.0978 e. The Labute approximate surface area is 78.0 Å². The van der Waals surface area contributed by atoms with E-state index >= 15 is 0 Å². The quantitative estimate of drug-likeness (QED) is 0.724. The molecule has 0 aliphatic heterocycles. The lowest BCUT2D eigenvalue weighted by Gasteiger charge is -2.13. The van der Waals surface area contributed by atoms with Gasteiger partial charge in [-0.25, -0.2) is 0 Å². The van der Waals surface area contributed by atoms with E-state index in [0.29, 0.717) is 12.5 Å². The standard InChI is InChI=1S/C9H14N4/c1-7(2)9(3-10)11-4-8-5-12-13-6-8/h5-7,9,11H,4H2,1-2H3,(H,12,13). The van der Waals surface area contributed by atoms with E-state index in [2.05, 4.69) is 21.6 Å². The molecule has 1 unspecified atom stereocenters. The van der Waals surface area contributed by atoms with E-state index in [1.54, 1.807) is 6.20 Å². The van der Waals surface area contributed by atoms with Crippen molar-refractivity contribution in [3.05, 3.63) is 18.0 Å². The minimum Gasteiger partial charge on any atom is -0.297 e. The molecule has 13 heavy (non-hydrogen) atoms. The molecular weight excluding hydrogens is 164 g/mol. The highest BCUT2D eigenvalue weighted by Gasteiger charge is 2.10. The smallest absolute Gasteiger partial charge is 0.0978 e. The zero-order valence-corrected chi connectivity index (χ0v) is 7.91. The van der Waals surface area contributed by atoms with Crippen molar-refractivity contribution in [1.82, 2.24) is 15.5 Å². The topological polar surface area (TPSA) is 64.5 Å². The van der Waals surface area contributed by atoms with Crippen molar-refractivity contribution in [2.45, 2.75) is 26.4 Å². The first-order valence-corrected chi connectivity index (χ1v) is 4.34. The van der Waals surface area contributed by atoms with Crippen LogP contribution in [0.2, 0.25) is 0 Å². The molecule has 4 nitrogen and oxygen atoms in total. The fourth-order valence-corrected chi connectivity index (χ4v) is 1.03. The van der Waals surface area contributed by atoms with Gasteiger partial charge in [0, 0.05) is 18.3 Å². The first-order valence-electron chi connectivity index (χ1n) is 4.34. The summed E-state index contributed by atoms with van der Waals surface area (Å²) < 4.78 is 0. The van der Waals surface area contributed by atoms with Crippen molar-refractivity contribution in [1.29, 1.82) is 5.26 Å². The molecule has 0 spiro atoms. The van der Waals surface area contributed by atoms with Gasteiger partial charge in [0.25, 0.3) is 0 Å². The average Bonchev–Trinajstić information content (AvgIpc) is 2.57. The number of aromatic amines is 1. The zero-order valence-electron chi connectivity index (χ0n) is 7.91. The molecule has 70 valence electrons. The van der Waals surface area contributed by atoms with E-state index in [1.165, 1.54) is 0 Å². The number of nitriles is 1. The normalized spacial score (nSPS) is 12.8. The van der Waals surface area contributed by atoms with Crippen LogP contribution < -0.4 is 5.32 Å². The molecule has 2 N–H and O–H groups in total. The van der Waals surface area contributed by atoms with Crippen LogP contribution in [0.5, 0.6) is 0 Å². The summed E-state index contributed by atoms with van der Waals surface area (Å²) in [6, 6.07) is 2.13. The third kappa shape index (κ3) is 2.88. The minimum atomic E-state index is -0.0881. The molecule has 0 aromatic carbocycles. The summed E-state index contributed by atoms with van der Waals surface area (Å²) in [5, 5.41) is 18.5. The third-order valence-electron chi connectivity index (χ3n) is 1.89. The Morgan fingerprint density at radius 3 is 2.92 bits per heavy atom. The Kier molecular flexibility index (Phi) is 3.47. The summed E-state index contributed by atoms with van der Waals surface area (Å²) >= 11 is 0. The number of hydrogen-bond acceptors (Lipinski definition) is 3. The minimum absolute atomic E-state index is 0.0881. The molecule has 0 aliphatic rings. The Hall–Kier alpha value is -1.34. The molecule has 0 bridgehead atoms. The van der Waals surface area contributed by atoms with Gasteiger partial charge in [-0.2, -0.15) is 10.4 Å². The molecular formula is C9H14N4. The molecule has 0 radical (unpaired) electrons. The van der Waals surface area contributed by atoms with E-state index in [4.69, 9.17) is 5.26 Å². The molecule has 1 aromatic heterocycles. The lowest BCUT2D eigenvalue weighted by atomic mass is 10.1. The van der Waals surface area contributed by atoms with E-state index in [0.717, 1.165) is 5.56 Å². The monoisotopic (exact) mass is 178 g/mol.